The first-order valence-corrected chi connectivity index (χ1v) is 13.1. The second-order valence-electron chi connectivity index (χ2n) is 9.02. The number of aryl methyl sites for hydroxylation is 1. The summed E-state index contributed by atoms with van der Waals surface area (Å²) in [5.41, 5.74) is 8.21. The minimum atomic E-state index is -1.35. The van der Waals surface area contributed by atoms with Crippen LogP contribution >= 0.6 is 11.3 Å². The van der Waals surface area contributed by atoms with Crippen molar-refractivity contribution in [3.8, 4) is 5.75 Å². The van der Waals surface area contributed by atoms with Gasteiger partial charge in [-0.15, -0.1) is 11.3 Å². The third kappa shape index (κ3) is 8.13. The fraction of sp³-hybridized carbons (Fsp3) is 0.286. The number of nitrogens with zero attached hydrogens (tertiary/aromatic N) is 1. The van der Waals surface area contributed by atoms with Gasteiger partial charge in [-0.05, 0) is 47.7 Å². The Morgan fingerprint density at radius 2 is 1.77 bits per heavy atom. The number of para-hydroxylation sites is 1. The number of rotatable bonds is 12. The Kier molecular flexibility index (Phi) is 10.2. The maximum atomic E-state index is 13.2. The van der Waals surface area contributed by atoms with E-state index in [2.05, 4.69) is 10.6 Å². The molecule has 5 N–H and O–H groups in total. The van der Waals surface area contributed by atoms with Gasteiger partial charge < -0.3 is 31.1 Å². The Labute approximate surface area is 230 Å². The predicted molar refractivity (Wildman–Crippen MR) is 150 cm³/mol. The summed E-state index contributed by atoms with van der Waals surface area (Å²) in [5, 5.41) is 16.5. The summed E-state index contributed by atoms with van der Waals surface area (Å²) in [5.74, 6) is -1.68. The normalized spacial score (nSPS) is 12.2. The molecule has 11 heteroatoms. The number of ketones is 1. The van der Waals surface area contributed by atoms with E-state index in [-0.39, 0.29) is 25.2 Å². The lowest BCUT2D eigenvalue weighted by Gasteiger charge is -2.28. The van der Waals surface area contributed by atoms with Crippen molar-refractivity contribution in [2.75, 3.05) is 24.8 Å². The number of carbonyl (C=O) groups excluding carboxylic acids is 3. The molecule has 1 aromatic heterocycles. The molecular weight excluding hydrogens is 520 g/mol. The van der Waals surface area contributed by atoms with Gasteiger partial charge in [0.25, 0.3) is 0 Å². The number of thiophene rings is 1. The van der Waals surface area contributed by atoms with Gasteiger partial charge in [0, 0.05) is 30.5 Å². The lowest BCUT2D eigenvalue weighted by atomic mass is 9.99. The predicted octanol–water partition coefficient (Wildman–Crippen LogP) is 3.69. The number of urea groups is 1. The van der Waals surface area contributed by atoms with E-state index in [4.69, 9.17) is 15.6 Å². The van der Waals surface area contributed by atoms with E-state index in [0.29, 0.717) is 22.7 Å². The van der Waals surface area contributed by atoms with Gasteiger partial charge >= 0.3 is 12.0 Å². The Morgan fingerprint density at radius 3 is 2.41 bits per heavy atom. The molecule has 0 fully saturated rings. The largest absolute Gasteiger partial charge is 0.495 e. The molecule has 0 aliphatic heterocycles. The van der Waals surface area contributed by atoms with Crippen molar-refractivity contribution in [1.29, 1.82) is 0 Å². The van der Waals surface area contributed by atoms with E-state index >= 15 is 0 Å². The van der Waals surface area contributed by atoms with Crippen LogP contribution in [0.25, 0.3) is 0 Å². The highest BCUT2D eigenvalue weighted by Crippen LogP contribution is 2.27. The molecule has 3 rings (SSSR count). The number of methoxy groups -OCH3 is 1. The summed E-state index contributed by atoms with van der Waals surface area (Å²) in [4.78, 5) is 52.1. The highest BCUT2D eigenvalue weighted by molar-refractivity contribution is 7.09. The molecule has 0 saturated heterocycles. The molecule has 3 aromatic rings. The van der Waals surface area contributed by atoms with Crippen LogP contribution in [0.5, 0.6) is 5.75 Å². The van der Waals surface area contributed by atoms with Gasteiger partial charge in [0.15, 0.2) is 5.78 Å². The van der Waals surface area contributed by atoms with Crippen LogP contribution in [-0.4, -0.2) is 59.9 Å². The third-order valence-corrected chi connectivity index (χ3v) is 7.11. The molecule has 39 heavy (non-hydrogen) atoms. The molecule has 2 aromatic carbocycles. The number of ether oxygens (including phenoxy) is 1. The van der Waals surface area contributed by atoms with Gasteiger partial charge in [0.1, 0.15) is 11.8 Å². The number of likely N-dealkylation sites (N-methyl/N-ethyl adjacent to an activating group) is 1. The van der Waals surface area contributed by atoms with E-state index in [0.717, 1.165) is 10.4 Å². The molecular formula is C28H32N4O6S. The number of carbonyl (C=O) groups is 4. The highest BCUT2D eigenvalue weighted by Gasteiger charge is 2.30. The van der Waals surface area contributed by atoms with Crippen LogP contribution in [0.15, 0.2) is 60.0 Å². The van der Waals surface area contributed by atoms with Gasteiger partial charge in [-0.2, -0.15) is 0 Å². The van der Waals surface area contributed by atoms with E-state index in [1.807, 2.05) is 42.6 Å². The fourth-order valence-electron chi connectivity index (χ4n) is 3.94. The number of Topliss-reactive ketones (excluding diaryl/α,β-unsaturated/α-hetero) is 1. The van der Waals surface area contributed by atoms with E-state index in [9.17, 15) is 19.2 Å². The number of hydrogen-bond acceptors (Lipinski definition) is 7. The number of aliphatic carboxylic acids is 1. The zero-order valence-corrected chi connectivity index (χ0v) is 22.8. The zero-order valence-electron chi connectivity index (χ0n) is 22.0. The number of benzene rings is 2. The summed E-state index contributed by atoms with van der Waals surface area (Å²) < 4.78 is 5.44. The van der Waals surface area contributed by atoms with Crippen LogP contribution < -0.4 is 21.1 Å². The van der Waals surface area contributed by atoms with Crippen molar-refractivity contribution in [2.45, 2.75) is 38.3 Å². The zero-order chi connectivity index (χ0) is 28.5. The molecule has 3 amide bonds. The van der Waals surface area contributed by atoms with Crippen molar-refractivity contribution >= 4 is 46.4 Å². The Morgan fingerprint density at radius 1 is 1.05 bits per heavy atom. The number of anilines is 2. The number of nitrogens with two attached hydrogens (primary N) is 1. The molecule has 0 saturated carbocycles. The van der Waals surface area contributed by atoms with Crippen LogP contribution in [0.3, 0.4) is 0 Å². The molecule has 2 atom stereocenters. The number of hydrogen-bond donors (Lipinski definition) is 4. The van der Waals surface area contributed by atoms with Gasteiger partial charge in [0.2, 0.25) is 5.91 Å². The van der Waals surface area contributed by atoms with Crippen molar-refractivity contribution in [2.24, 2.45) is 5.73 Å². The molecule has 0 spiro atoms. The van der Waals surface area contributed by atoms with E-state index in [1.165, 1.54) is 30.4 Å². The number of amides is 3. The SMILES string of the molecule is COc1cc(CC(=O)N(C)C(Cc2cccs2)C(=O)CC(N)C(=O)O)ccc1NC(=O)Nc1ccccc1C. The first-order valence-electron chi connectivity index (χ1n) is 12.2. The Hall–Kier alpha value is -4.22. The van der Waals surface area contributed by atoms with Gasteiger partial charge in [-0.3, -0.25) is 14.4 Å². The molecule has 1 heterocycles. The van der Waals surface area contributed by atoms with E-state index in [1.54, 1.807) is 24.3 Å². The van der Waals surface area contributed by atoms with Gasteiger partial charge in [0.05, 0.1) is 25.3 Å². The minimum Gasteiger partial charge on any atom is -0.495 e. The quantitative estimate of drug-likeness (QED) is 0.267. The Bertz CT molecular complexity index is 1330. The topological polar surface area (TPSA) is 151 Å². The number of carboxylic acid groups (broad SMARTS) is 1. The molecule has 2 unspecified atom stereocenters. The Balaban J connectivity index is 1.71. The first kappa shape index (κ1) is 29.3. The number of nitrogens with one attached hydrogen (secondary N) is 2. The molecule has 10 nitrogen and oxygen atoms in total. The van der Waals surface area contributed by atoms with Gasteiger partial charge in [-0.1, -0.05) is 30.3 Å². The lowest BCUT2D eigenvalue weighted by Crippen LogP contribution is -2.47. The van der Waals surface area contributed by atoms with Crippen LogP contribution in [0, 0.1) is 6.92 Å². The highest BCUT2D eigenvalue weighted by atomic mass is 32.1. The average Bonchev–Trinajstić information content (AvgIpc) is 3.42. The summed E-state index contributed by atoms with van der Waals surface area (Å²) in [6, 6.07) is 13.4. The summed E-state index contributed by atoms with van der Waals surface area (Å²) in [6.45, 7) is 1.89. The summed E-state index contributed by atoms with van der Waals surface area (Å²) in [6.07, 6.45) is -0.170. The maximum Gasteiger partial charge on any atom is 0.323 e. The first-order chi connectivity index (χ1) is 18.6. The van der Waals surface area contributed by atoms with Crippen molar-refractivity contribution < 1.29 is 29.0 Å². The van der Waals surface area contributed by atoms with Gasteiger partial charge in [-0.25, -0.2) is 4.79 Å². The molecule has 0 bridgehead atoms. The molecule has 206 valence electrons. The number of carboxylic acids is 1. The van der Waals surface area contributed by atoms with Crippen LogP contribution in [0.4, 0.5) is 16.2 Å². The smallest absolute Gasteiger partial charge is 0.323 e. The summed E-state index contributed by atoms with van der Waals surface area (Å²) in [7, 11) is 2.98. The van der Waals surface area contributed by atoms with Crippen LogP contribution in [0.1, 0.15) is 22.4 Å². The minimum absolute atomic E-state index is 0.0399. The molecule has 0 aliphatic rings. The molecule has 0 aliphatic carbocycles. The van der Waals surface area contributed by atoms with Crippen LogP contribution in [-0.2, 0) is 27.2 Å². The third-order valence-electron chi connectivity index (χ3n) is 6.21. The van der Waals surface area contributed by atoms with Crippen molar-refractivity contribution in [1.82, 2.24) is 4.90 Å². The lowest BCUT2D eigenvalue weighted by molar-refractivity contribution is -0.142. The van der Waals surface area contributed by atoms with E-state index < -0.39 is 29.9 Å². The monoisotopic (exact) mass is 552 g/mol. The van der Waals surface area contributed by atoms with Crippen molar-refractivity contribution in [3.63, 3.8) is 0 Å². The van der Waals surface area contributed by atoms with Crippen molar-refractivity contribution in [3.05, 3.63) is 76.0 Å². The summed E-state index contributed by atoms with van der Waals surface area (Å²) >= 11 is 1.45. The standard InChI is InChI=1S/C28H32N4O6S/c1-17-7-4-5-9-21(17)30-28(37)31-22-11-10-18(13-25(22)38-3)14-26(34)32(2)23(15-19-8-6-12-39-19)24(33)16-20(29)27(35)36/h4-13,20,23H,14-16,29H2,1-3H3,(H,35,36)(H2,30,31,37). The second-order valence-corrected chi connectivity index (χ2v) is 10.1. The fourth-order valence-corrected chi connectivity index (χ4v) is 4.68. The van der Waals surface area contributed by atoms with Crippen LogP contribution in [0.2, 0.25) is 0 Å². The second kappa shape index (κ2) is 13.5. The maximum absolute atomic E-state index is 13.2. The average molecular weight is 553 g/mol. The molecule has 0 radical (unpaired) electrons.